The maximum Gasteiger partial charge on any atom is 0.309 e. The molecular weight excluding hydrogens is 386 g/mol. The first-order valence-corrected chi connectivity index (χ1v) is 11.0. The molecule has 0 radical (unpaired) electrons. The minimum atomic E-state index is -0.571. The second-order valence-corrected chi connectivity index (χ2v) is 8.15. The fraction of sp³-hybridized carbons (Fsp3) is 0.636. The summed E-state index contributed by atoms with van der Waals surface area (Å²) in [6.07, 6.45) is 6.52. The number of carbonyl (C=O) groups is 2. The number of hydrogen-bond acceptors (Lipinski definition) is 6. The molecule has 8 heteroatoms. The van der Waals surface area contributed by atoms with Gasteiger partial charge in [0.05, 0.1) is 19.3 Å². The van der Waals surface area contributed by atoms with Crippen molar-refractivity contribution in [3.8, 4) is 11.5 Å². The Hall–Kier alpha value is -2.32. The summed E-state index contributed by atoms with van der Waals surface area (Å²) in [4.78, 5) is 27.2. The van der Waals surface area contributed by atoms with Gasteiger partial charge in [-0.05, 0) is 30.5 Å². The zero-order valence-corrected chi connectivity index (χ0v) is 17.4. The Kier molecular flexibility index (Phi) is 7.07. The SMILES string of the molecule is O=C(NCC(c1ccc2c(c1)OCO2)N1CCOCC1)C(=O)NC1CCCCCC1. The van der Waals surface area contributed by atoms with Crippen molar-refractivity contribution in [1.82, 2.24) is 15.5 Å². The van der Waals surface area contributed by atoms with E-state index in [1.165, 1.54) is 12.8 Å². The van der Waals surface area contributed by atoms with Crippen LogP contribution < -0.4 is 20.1 Å². The predicted molar refractivity (Wildman–Crippen MR) is 110 cm³/mol. The van der Waals surface area contributed by atoms with Crippen molar-refractivity contribution in [2.75, 3.05) is 39.6 Å². The van der Waals surface area contributed by atoms with Crippen molar-refractivity contribution in [3.63, 3.8) is 0 Å². The molecule has 2 fully saturated rings. The largest absolute Gasteiger partial charge is 0.454 e. The number of hydrogen-bond donors (Lipinski definition) is 2. The van der Waals surface area contributed by atoms with E-state index < -0.39 is 11.8 Å². The lowest BCUT2D eigenvalue weighted by Gasteiger charge is -2.35. The molecule has 1 atom stereocenters. The van der Waals surface area contributed by atoms with E-state index >= 15 is 0 Å². The number of nitrogens with zero attached hydrogens (tertiary/aromatic N) is 1. The molecule has 2 amide bonds. The second-order valence-electron chi connectivity index (χ2n) is 8.15. The zero-order valence-electron chi connectivity index (χ0n) is 17.4. The number of benzene rings is 1. The quantitative estimate of drug-likeness (QED) is 0.561. The zero-order chi connectivity index (χ0) is 20.8. The van der Waals surface area contributed by atoms with Crippen LogP contribution in [0.25, 0.3) is 0 Å². The van der Waals surface area contributed by atoms with Crippen molar-refractivity contribution in [2.45, 2.75) is 50.6 Å². The van der Waals surface area contributed by atoms with Gasteiger partial charge in [0.1, 0.15) is 0 Å². The molecule has 30 heavy (non-hydrogen) atoms. The van der Waals surface area contributed by atoms with Crippen molar-refractivity contribution >= 4 is 11.8 Å². The Morgan fingerprint density at radius 2 is 1.73 bits per heavy atom. The Balaban J connectivity index is 1.38. The van der Waals surface area contributed by atoms with Crippen molar-refractivity contribution < 1.29 is 23.8 Å². The first-order valence-electron chi connectivity index (χ1n) is 11.0. The Morgan fingerprint density at radius 1 is 1.00 bits per heavy atom. The van der Waals surface area contributed by atoms with E-state index in [0.29, 0.717) is 25.5 Å². The second kappa shape index (κ2) is 10.1. The highest BCUT2D eigenvalue weighted by Gasteiger charge is 2.27. The molecule has 3 aliphatic rings. The third-order valence-electron chi connectivity index (χ3n) is 6.12. The van der Waals surface area contributed by atoms with Crippen molar-refractivity contribution in [1.29, 1.82) is 0 Å². The molecule has 8 nitrogen and oxygen atoms in total. The van der Waals surface area contributed by atoms with E-state index in [-0.39, 0.29) is 18.9 Å². The predicted octanol–water partition coefficient (Wildman–Crippen LogP) is 1.74. The lowest BCUT2D eigenvalue weighted by molar-refractivity contribution is -0.139. The molecule has 2 aliphatic heterocycles. The number of rotatable bonds is 5. The molecule has 4 rings (SSSR count). The molecule has 2 heterocycles. The Labute approximate surface area is 177 Å². The fourth-order valence-electron chi connectivity index (χ4n) is 4.41. The number of fused-ring (bicyclic) bond motifs is 1. The van der Waals surface area contributed by atoms with Gasteiger partial charge in [-0.1, -0.05) is 31.7 Å². The van der Waals surface area contributed by atoms with Crippen molar-refractivity contribution in [2.24, 2.45) is 0 Å². The molecule has 0 bridgehead atoms. The smallest absolute Gasteiger partial charge is 0.309 e. The van der Waals surface area contributed by atoms with Gasteiger partial charge in [0, 0.05) is 25.7 Å². The maximum atomic E-state index is 12.5. The van der Waals surface area contributed by atoms with Crippen LogP contribution in [0, 0.1) is 0 Å². The van der Waals surface area contributed by atoms with Crippen LogP contribution in [0.15, 0.2) is 18.2 Å². The molecule has 2 N–H and O–H groups in total. The number of nitrogens with one attached hydrogen (secondary N) is 2. The van der Waals surface area contributed by atoms with Crippen LogP contribution in [0.2, 0.25) is 0 Å². The van der Waals surface area contributed by atoms with Gasteiger partial charge < -0.3 is 24.8 Å². The first-order chi connectivity index (χ1) is 14.7. The van der Waals surface area contributed by atoms with Crippen molar-refractivity contribution in [3.05, 3.63) is 23.8 Å². The molecule has 0 aromatic heterocycles. The molecule has 1 unspecified atom stereocenters. The summed E-state index contributed by atoms with van der Waals surface area (Å²) in [6.45, 7) is 3.40. The molecule has 164 valence electrons. The van der Waals surface area contributed by atoms with Gasteiger partial charge in [-0.25, -0.2) is 0 Å². The van der Waals surface area contributed by atoms with Gasteiger partial charge in [0.25, 0.3) is 0 Å². The molecule has 1 aromatic carbocycles. The van der Waals surface area contributed by atoms with E-state index in [9.17, 15) is 9.59 Å². The van der Waals surface area contributed by atoms with Crippen LogP contribution in [0.4, 0.5) is 0 Å². The average molecular weight is 418 g/mol. The van der Waals surface area contributed by atoms with Crippen LogP contribution in [0.3, 0.4) is 0 Å². The van der Waals surface area contributed by atoms with Gasteiger partial charge >= 0.3 is 11.8 Å². The summed E-state index contributed by atoms with van der Waals surface area (Å²) in [7, 11) is 0. The van der Waals surface area contributed by atoms with Gasteiger partial charge in [-0.2, -0.15) is 0 Å². The summed E-state index contributed by atoms with van der Waals surface area (Å²) in [5.74, 6) is 0.334. The minimum absolute atomic E-state index is 0.0713. The monoisotopic (exact) mass is 417 g/mol. The van der Waals surface area contributed by atoms with Gasteiger partial charge in [0.15, 0.2) is 11.5 Å². The highest BCUT2D eigenvalue weighted by Crippen LogP contribution is 2.35. The minimum Gasteiger partial charge on any atom is -0.454 e. The third kappa shape index (κ3) is 5.23. The highest BCUT2D eigenvalue weighted by molar-refractivity contribution is 6.35. The van der Waals surface area contributed by atoms with Crippen LogP contribution in [0.5, 0.6) is 11.5 Å². The molecule has 1 aromatic rings. The van der Waals surface area contributed by atoms with E-state index in [4.69, 9.17) is 14.2 Å². The number of ether oxygens (including phenoxy) is 3. The van der Waals surface area contributed by atoms with E-state index in [1.54, 1.807) is 0 Å². The summed E-state index contributed by atoms with van der Waals surface area (Å²) >= 11 is 0. The first kappa shape index (κ1) is 20.9. The number of amides is 2. The molecule has 1 saturated carbocycles. The van der Waals surface area contributed by atoms with Gasteiger partial charge in [-0.3, -0.25) is 14.5 Å². The van der Waals surface area contributed by atoms with Crippen LogP contribution in [-0.2, 0) is 14.3 Å². The molecular formula is C22H31N3O5. The lowest BCUT2D eigenvalue weighted by atomic mass is 10.0. The van der Waals surface area contributed by atoms with Crippen LogP contribution in [0.1, 0.15) is 50.1 Å². The number of carbonyl (C=O) groups excluding carboxylic acids is 2. The Bertz CT molecular complexity index is 742. The third-order valence-corrected chi connectivity index (χ3v) is 6.12. The average Bonchev–Trinajstić information content (AvgIpc) is 3.09. The van der Waals surface area contributed by atoms with E-state index in [0.717, 1.165) is 50.1 Å². The van der Waals surface area contributed by atoms with Crippen LogP contribution >= 0.6 is 0 Å². The normalized spacial score (nSPS) is 20.9. The fourth-order valence-corrected chi connectivity index (χ4v) is 4.41. The topological polar surface area (TPSA) is 89.1 Å². The standard InChI is InChI=1S/C22H31N3O5/c26-21(22(27)24-17-5-3-1-2-4-6-17)23-14-18(25-9-11-28-12-10-25)16-7-8-19-20(13-16)30-15-29-19/h7-8,13,17-18H,1-6,9-12,14-15H2,(H,23,26)(H,24,27). The number of morpholine rings is 1. The van der Waals surface area contributed by atoms with Crippen LogP contribution in [-0.4, -0.2) is 62.4 Å². The summed E-state index contributed by atoms with van der Waals surface area (Å²) in [5, 5.41) is 5.76. The van der Waals surface area contributed by atoms with Gasteiger partial charge in [-0.15, -0.1) is 0 Å². The summed E-state index contributed by atoms with van der Waals surface area (Å²) in [5.41, 5.74) is 1.02. The molecule has 1 saturated heterocycles. The summed E-state index contributed by atoms with van der Waals surface area (Å²) in [6, 6.07) is 5.88. The maximum absolute atomic E-state index is 12.5. The molecule has 1 aliphatic carbocycles. The molecule has 0 spiro atoms. The summed E-state index contributed by atoms with van der Waals surface area (Å²) < 4.78 is 16.4. The lowest BCUT2D eigenvalue weighted by Crippen LogP contribution is -2.48. The van der Waals surface area contributed by atoms with Gasteiger partial charge in [0.2, 0.25) is 6.79 Å². The Morgan fingerprint density at radius 3 is 2.50 bits per heavy atom. The highest BCUT2D eigenvalue weighted by atomic mass is 16.7. The van der Waals surface area contributed by atoms with E-state index in [2.05, 4.69) is 15.5 Å². The van der Waals surface area contributed by atoms with E-state index in [1.807, 2.05) is 18.2 Å².